The minimum atomic E-state index is -1.44. The number of rotatable bonds is 5. The summed E-state index contributed by atoms with van der Waals surface area (Å²) in [6.07, 6.45) is 1.48. The van der Waals surface area contributed by atoms with Crippen LogP contribution >= 0.6 is 22.9 Å². The van der Waals surface area contributed by atoms with E-state index in [2.05, 4.69) is 10.6 Å². The average molecular weight is 363 g/mol. The predicted molar refractivity (Wildman–Crippen MR) is 94.5 cm³/mol. The first-order chi connectivity index (χ1) is 11.6. The lowest BCUT2D eigenvalue weighted by molar-refractivity contribution is 0.0597. The maximum absolute atomic E-state index is 12.1. The molecule has 1 aromatic carbocycles. The Labute approximate surface area is 147 Å². The van der Waals surface area contributed by atoms with Crippen LogP contribution in [0.15, 0.2) is 63.9 Å². The minimum absolute atomic E-state index is 0.0481. The zero-order valence-corrected chi connectivity index (χ0v) is 14.1. The van der Waals surface area contributed by atoms with E-state index in [9.17, 15) is 9.90 Å². The molecule has 2 amide bonds. The third kappa shape index (κ3) is 3.46. The van der Waals surface area contributed by atoms with Crippen LogP contribution < -0.4 is 10.6 Å². The minimum Gasteiger partial charge on any atom is -0.466 e. The van der Waals surface area contributed by atoms with Crippen molar-refractivity contribution in [2.45, 2.75) is 5.60 Å². The van der Waals surface area contributed by atoms with Gasteiger partial charge in [-0.05, 0) is 41.1 Å². The largest absolute Gasteiger partial charge is 0.466 e. The van der Waals surface area contributed by atoms with Gasteiger partial charge in [-0.15, -0.1) is 0 Å². The van der Waals surface area contributed by atoms with Crippen LogP contribution in [0.2, 0.25) is 5.02 Å². The van der Waals surface area contributed by atoms with Gasteiger partial charge in [-0.1, -0.05) is 23.7 Å². The van der Waals surface area contributed by atoms with Crippen molar-refractivity contribution < 1.29 is 14.3 Å². The van der Waals surface area contributed by atoms with E-state index >= 15 is 0 Å². The number of thiophene rings is 1. The van der Waals surface area contributed by atoms with Crippen LogP contribution in [0.1, 0.15) is 11.3 Å². The number of furan rings is 1. The van der Waals surface area contributed by atoms with Crippen molar-refractivity contribution in [1.29, 1.82) is 0 Å². The van der Waals surface area contributed by atoms with E-state index < -0.39 is 11.6 Å². The predicted octanol–water partition coefficient (Wildman–Crippen LogP) is 4.05. The molecule has 124 valence electrons. The van der Waals surface area contributed by atoms with Crippen molar-refractivity contribution >= 4 is 34.7 Å². The molecule has 0 saturated heterocycles. The smallest absolute Gasteiger partial charge is 0.319 e. The number of hydrogen-bond donors (Lipinski definition) is 3. The van der Waals surface area contributed by atoms with E-state index in [0.29, 0.717) is 22.0 Å². The molecule has 0 aliphatic carbocycles. The molecule has 7 heteroatoms. The third-order valence-electron chi connectivity index (χ3n) is 3.55. The van der Waals surface area contributed by atoms with E-state index in [4.69, 9.17) is 16.0 Å². The number of carbonyl (C=O) groups is 1. The number of aliphatic hydroxyl groups is 1. The van der Waals surface area contributed by atoms with E-state index in [1.165, 1.54) is 17.6 Å². The number of hydrogen-bond acceptors (Lipinski definition) is 4. The normalized spacial score (nSPS) is 13.2. The fourth-order valence-electron chi connectivity index (χ4n) is 2.28. The van der Waals surface area contributed by atoms with Gasteiger partial charge in [0, 0.05) is 5.56 Å². The number of halogens is 1. The molecule has 3 N–H and O–H groups in total. The Balaban J connectivity index is 1.73. The molecule has 1 atom stereocenters. The Morgan fingerprint density at radius 2 is 2.08 bits per heavy atom. The first-order valence-electron chi connectivity index (χ1n) is 7.18. The summed E-state index contributed by atoms with van der Waals surface area (Å²) in [7, 11) is 0. The zero-order valence-electron chi connectivity index (χ0n) is 12.5. The number of para-hydroxylation sites is 1. The van der Waals surface area contributed by atoms with Gasteiger partial charge in [0.1, 0.15) is 5.76 Å². The van der Waals surface area contributed by atoms with Crippen molar-refractivity contribution in [3.05, 3.63) is 75.8 Å². The molecule has 3 rings (SSSR count). The van der Waals surface area contributed by atoms with E-state index in [1.807, 2.05) is 10.8 Å². The second kappa shape index (κ2) is 7.09. The molecule has 0 radical (unpaired) electrons. The summed E-state index contributed by atoms with van der Waals surface area (Å²) in [6.45, 7) is -0.0481. The van der Waals surface area contributed by atoms with Gasteiger partial charge in [0.25, 0.3) is 0 Å². The van der Waals surface area contributed by atoms with Crippen molar-refractivity contribution in [2.75, 3.05) is 11.9 Å². The summed E-state index contributed by atoms with van der Waals surface area (Å²) in [6, 6.07) is 11.6. The van der Waals surface area contributed by atoms with Crippen LogP contribution in [0.5, 0.6) is 0 Å². The fraction of sp³-hybridized carbons (Fsp3) is 0.118. The monoisotopic (exact) mass is 362 g/mol. The standard InChI is InChI=1S/C17H15ClN2O3S/c18-13-4-1-2-5-14(13)20-16(21)19-11-17(22,12-7-9-24-10-12)15-6-3-8-23-15/h1-10,22H,11H2,(H2,19,20,21)/t17-/m1/s1. The molecule has 3 aromatic rings. The van der Waals surface area contributed by atoms with Gasteiger partial charge >= 0.3 is 6.03 Å². The first-order valence-corrected chi connectivity index (χ1v) is 8.50. The molecule has 2 heterocycles. The van der Waals surface area contributed by atoms with Crippen LogP contribution in [0.25, 0.3) is 0 Å². The van der Waals surface area contributed by atoms with E-state index in [-0.39, 0.29) is 6.54 Å². The molecule has 0 aliphatic rings. The molecule has 0 spiro atoms. The van der Waals surface area contributed by atoms with Crippen molar-refractivity contribution in [3.63, 3.8) is 0 Å². The number of urea groups is 1. The fourth-order valence-corrected chi connectivity index (χ4v) is 3.19. The molecular formula is C17H15ClN2O3S. The molecule has 0 saturated carbocycles. The number of anilines is 1. The molecule has 5 nitrogen and oxygen atoms in total. The Kier molecular flexibility index (Phi) is 4.89. The van der Waals surface area contributed by atoms with Crippen LogP contribution in [-0.2, 0) is 5.60 Å². The highest BCUT2D eigenvalue weighted by Gasteiger charge is 2.35. The van der Waals surface area contributed by atoms with E-state index in [0.717, 1.165) is 0 Å². The van der Waals surface area contributed by atoms with Gasteiger partial charge in [0.15, 0.2) is 5.60 Å². The highest BCUT2D eigenvalue weighted by atomic mass is 35.5. The molecule has 2 aromatic heterocycles. The van der Waals surface area contributed by atoms with E-state index in [1.54, 1.807) is 42.5 Å². The molecular weight excluding hydrogens is 348 g/mol. The Morgan fingerprint density at radius 1 is 1.25 bits per heavy atom. The van der Waals surface area contributed by atoms with Crippen LogP contribution in [-0.4, -0.2) is 17.7 Å². The topological polar surface area (TPSA) is 74.5 Å². The van der Waals surface area contributed by atoms with Crippen molar-refractivity contribution in [2.24, 2.45) is 0 Å². The Hall–Kier alpha value is -2.28. The van der Waals surface area contributed by atoms with Crippen molar-refractivity contribution in [3.8, 4) is 0 Å². The lowest BCUT2D eigenvalue weighted by Gasteiger charge is -2.25. The molecule has 0 fully saturated rings. The lowest BCUT2D eigenvalue weighted by atomic mass is 9.93. The van der Waals surface area contributed by atoms with Gasteiger partial charge in [0.2, 0.25) is 0 Å². The first kappa shape index (κ1) is 16.6. The number of benzene rings is 1. The van der Waals surface area contributed by atoms with Gasteiger partial charge < -0.3 is 20.2 Å². The van der Waals surface area contributed by atoms with Gasteiger partial charge in [-0.3, -0.25) is 0 Å². The SMILES string of the molecule is O=C(NC[C@@](O)(c1ccsc1)c1ccco1)Nc1ccccc1Cl. The van der Waals surface area contributed by atoms with Crippen LogP contribution in [0.4, 0.5) is 10.5 Å². The molecule has 0 bridgehead atoms. The quantitative estimate of drug-likeness (QED) is 0.641. The summed E-state index contributed by atoms with van der Waals surface area (Å²) in [5, 5.41) is 20.5. The summed E-state index contributed by atoms with van der Waals surface area (Å²) in [4.78, 5) is 12.1. The van der Waals surface area contributed by atoms with Crippen LogP contribution in [0.3, 0.4) is 0 Å². The molecule has 0 unspecified atom stereocenters. The summed E-state index contributed by atoms with van der Waals surface area (Å²) < 4.78 is 5.35. The third-order valence-corrected chi connectivity index (χ3v) is 4.57. The summed E-state index contributed by atoms with van der Waals surface area (Å²) in [5.41, 5.74) is -0.296. The molecule has 0 aliphatic heterocycles. The van der Waals surface area contributed by atoms with Gasteiger partial charge in [0.05, 0.1) is 23.5 Å². The zero-order chi connectivity index (χ0) is 17.0. The highest BCUT2D eigenvalue weighted by molar-refractivity contribution is 7.08. The van der Waals surface area contributed by atoms with Crippen molar-refractivity contribution in [1.82, 2.24) is 5.32 Å². The summed E-state index contributed by atoms with van der Waals surface area (Å²) >= 11 is 7.47. The maximum Gasteiger partial charge on any atom is 0.319 e. The average Bonchev–Trinajstić information content (AvgIpc) is 3.28. The summed E-state index contributed by atoms with van der Waals surface area (Å²) in [5.74, 6) is 0.360. The number of nitrogens with one attached hydrogen (secondary N) is 2. The lowest BCUT2D eigenvalue weighted by Crippen LogP contribution is -2.42. The second-order valence-electron chi connectivity index (χ2n) is 5.14. The Morgan fingerprint density at radius 3 is 2.75 bits per heavy atom. The molecule has 24 heavy (non-hydrogen) atoms. The number of carbonyl (C=O) groups excluding carboxylic acids is 1. The van der Waals surface area contributed by atoms with Gasteiger partial charge in [-0.2, -0.15) is 11.3 Å². The number of amides is 2. The highest BCUT2D eigenvalue weighted by Crippen LogP contribution is 2.31. The second-order valence-corrected chi connectivity index (χ2v) is 6.32. The Bertz CT molecular complexity index is 769. The maximum atomic E-state index is 12.1. The van der Waals surface area contributed by atoms with Gasteiger partial charge in [-0.25, -0.2) is 4.79 Å². The van der Waals surface area contributed by atoms with Crippen LogP contribution in [0, 0.1) is 0 Å².